The van der Waals surface area contributed by atoms with Gasteiger partial charge < -0.3 is 9.80 Å². The van der Waals surface area contributed by atoms with Gasteiger partial charge in [0, 0.05) is 37.4 Å². The minimum absolute atomic E-state index is 0.138. The van der Waals surface area contributed by atoms with E-state index >= 15 is 0 Å². The van der Waals surface area contributed by atoms with E-state index in [1.54, 1.807) is 21.9 Å². The van der Waals surface area contributed by atoms with E-state index in [0.29, 0.717) is 37.4 Å². The SMILES string of the molecule is CC(C)c1cc(C(=O)N2CCN(C(=O)c3cccc(F)c3)CC2)n[nH]1. The van der Waals surface area contributed by atoms with E-state index in [9.17, 15) is 14.0 Å². The number of benzene rings is 1. The first-order valence-electron chi connectivity index (χ1n) is 8.35. The number of piperazine rings is 1. The fourth-order valence-electron chi connectivity index (χ4n) is 2.82. The summed E-state index contributed by atoms with van der Waals surface area (Å²) in [7, 11) is 0. The van der Waals surface area contributed by atoms with Crippen molar-refractivity contribution in [2.24, 2.45) is 0 Å². The van der Waals surface area contributed by atoms with Crippen LogP contribution in [0, 0.1) is 5.82 Å². The topological polar surface area (TPSA) is 69.3 Å². The number of H-pyrrole nitrogens is 1. The summed E-state index contributed by atoms with van der Waals surface area (Å²) >= 11 is 0. The van der Waals surface area contributed by atoms with Crippen LogP contribution in [0.2, 0.25) is 0 Å². The van der Waals surface area contributed by atoms with Gasteiger partial charge in [-0.2, -0.15) is 5.10 Å². The predicted molar refractivity (Wildman–Crippen MR) is 90.9 cm³/mol. The molecule has 6 nitrogen and oxygen atoms in total. The van der Waals surface area contributed by atoms with Crippen molar-refractivity contribution in [3.05, 3.63) is 53.1 Å². The third kappa shape index (κ3) is 3.70. The third-order valence-electron chi connectivity index (χ3n) is 4.36. The zero-order valence-corrected chi connectivity index (χ0v) is 14.3. The van der Waals surface area contributed by atoms with Crippen LogP contribution < -0.4 is 0 Å². The van der Waals surface area contributed by atoms with E-state index in [2.05, 4.69) is 10.2 Å². The Labute approximate surface area is 145 Å². The van der Waals surface area contributed by atoms with E-state index in [1.165, 1.54) is 18.2 Å². The van der Waals surface area contributed by atoms with Gasteiger partial charge in [0.05, 0.1) is 0 Å². The first-order chi connectivity index (χ1) is 12.0. The number of nitrogens with zero attached hydrogens (tertiary/aromatic N) is 3. The average molecular weight is 344 g/mol. The quantitative estimate of drug-likeness (QED) is 0.929. The van der Waals surface area contributed by atoms with Crippen molar-refractivity contribution in [2.45, 2.75) is 19.8 Å². The standard InChI is InChI=1S/C18H21FN4O2/c1-12(2)15-11-16(21-20-15)18(25)23-8-6-22(7-9-23)17(24)13-4-3-5-14(19)10-13/h3-5,10-12H,6-9H2,1-2H3,(H,20,21). The van der Waals surface area contributed by atoms with Crippen LogP contribution in [0.1, 0.15) is 46.3 Å². The van der Waals surface area contributed by atoms with Crippen molar-refractivity contribution >= 4 is 11.8 Å². The first kappa shape index (κ1) is 17.1. The highest BCUT2D eigenvalue weighted by Crippen LogP contribution is 2.15. The zero-order chi connectivity index (χ0) is 18.0. The smallest absolute Gasteiger partial charge is 0.274 e. The van der Waals surface area contributed by atoms with E-state index in [1.807, 2.05) is 13.8 Å². The predicted octanol–water partition coefficient (Wildman–Crippen LogP) is 2.27. The Hall–Kier alpha value is -2.70. The van der Waals surface area contributed by atoms with Crippen LogP contribution in [0.25, 0.3) is 0 Å². The maximum Gasteiger partial charge on any atom is 0.274 e. The van der Waals surface area contributed by atoms with Crippen molar-refractivity contribution in [1.82, 2.24) is 20.0 Å². The molecule has 0 spiro atoms. The van der Waals surface area contributed by atoms with Crippen molar-refractivity contribution in [1.29, 1.82) is 0 Å². The summed E-state index contributed by atoms with van der Waals surface area (Å²) in [6.45, 7) is 5.76. The Bertz CT molecular complexity index is 779. The lowest BCUT2D eigenvalue weighted by molar-refractivity contribution is 0.0532. The van der Waals surface area contributed by atoms with Gasteiger partial charge in [0.1, 0.15) is 11.5 Å². The molecule has 1 fully saturated rings. The molecular formula is C18H21FN4O2. The maximum atomic E-state index is 13.3. The van der Waals surface area contributed by atoms with Gasteiger partial charge >= 0.3 is 0 Å². The monoisotopic (exact) mass is 344 g/mol. The lowest BCUT2D eigenvalue weighted by Crippen LogP contribution is -2.50. The number of amides is 2. The minimum Gasteiger partial charge on any atom is -0.335 e. The van der Waals surface area contributed by atoms with Crippen LogP contribution in [-0.4, -0.2) is 58.0 Å². The highest BCUT2D eigenvalue weighted by molar-refractivity contribution is 5.95. The van der Waals surface area contributed by atoms with Crippen molar-refractivity contribution in [3.8, 4) is 0 Å². The lowest BCUT2D eigenvalue weighted by Gasteiger charge is -2.34. The number of rotatable bonds is 3. The van der Waals surface area contributed by atoms with Gasteiger partial charge in [-0.25, -0.2) is 4.39 Å². The summed E-state index contributed by atoms with van der Waals surface area (Å²) in [6.07, 6.45) is 0. The van der Waals surface area contributed by atoms with Gasteiger partial charge in [0.25, 0.3) is 11.8 Å². The fourth-order valence-corrected chi connectivity index (χ4v) is 2.82. The van der Waals surface area contributed by atoms with E-state index in [0.717, 1.165) is 5.69 Å². The van der Waals surface area contributed by atoms with E-state index in [-0.39, 0.29) is 17.7 Å². The van der Waals surface area contributed by atoms with E-state index in [4.69, 9.17) is 0 Å². The lowest BCUT2D eigenvalue weighted by atomic mass is 10.1. The summed E-state index contributed by atoms with van der Waals surface area (Å²) in [5, 5.41) is 6.97. The summed E-state index contributed by atoms with van der Waals surface area (Å²) in [4.78, 5) is 28.3. The number of aromatic amines is 1. The van der Waals surface area contributed by atoms with E-state index < -0.39 is 5.82 Å². The van der Waals surface area contributed by atoms with Gasteiger partial charge in [-0.05, 0) is 30.2 Å². The second kappa shape index (κ2) is 7.04. The number of hydrogen-bond donors (Lipinski definition) is 1. The van der Waals surface area contributed by atoms with Crippen molar-refractivity contribution < 1.29 is 14.0 Å². The molecule has 0 radical (unpaired) electrons. The second-order valence-electron chi connectivity index (χ2n) is 6.46. The Balaban J connectivity index is 1.61. The molecule has 3 rings (SSSR count). The molecule has 1 saturated heterocycles. The molecule has 2 aromatic rings. The highest BCUT2D eigenvalue weighted by Gasteiger charge is 2.27. The molecule has 0 bridgehead atoms. The molecule has 1 aromatic carbocycles. The summed E-state index contributed by atoms with van der Waals surface area (Å²) in [6, 6.07) is 7.43. The van der Waals surface area contributed by atoms with Crippen LogP contribution in [0.3, 0.4) is 0 Å². The largest absolute Gasteiger partial charge is 0.335 e. The molecule has 0 aliphatic carbocycles. The van der Waals surface area contributed by atoms with Gasteiger partial charge in [0.2, 0.25) is 0 Å². The molecule has 1 aliphatic rings. The molecule has 25 heavy (non-hydrogen) atoms. The normalized spacial score (nSPS) is 14.9. The molecule has 0 saturated carbocycles. The number of carbonyl (C=O) groups is 2. The van der Waals surface area contributed by atoms with Crippen LogP contribution in [0.5, 0.6) is 0 Å². The van der Waals surface area contributed by atoms with Gasteiger partial charge in [-0.3, -0.25) is 14.7 Å². The van der Waals surface area contributed by atoms with Crippen molar-refractivity contribution in [3.63, 3.8) is 0 Å². The molecule has 2 amide bonds. The molecule has 2 heterocycles. The molecule has 1 aromatic heterocycles. The second-order valence-corrected chi connectivity index (χ2v) is 6.46. The number of nitrogens with one attached hydrogen (secondary N) is 1. The first-order valence-corrected chi connectivity index (χ1v) is 8.35. The Morgan fingerprint density at radius 3 is 2.28 bits per heavy atom. The Kier molecular flexibility index (Phi) is 4.83. The van der Waals surface area contributed by atoms with Crippen LogP contribution in [0.4, 0.5) is 4.39 Å². The van der Waals surface area contributed by atoms with Gasteiger partial charge in [0.15, 0.2) is 0 Å². The fraction of sp³-hybridized carbons (Fsp3) is 0.389. The molecule has 1 N–H and O–H groups in total. The van der Waals surface area contributed by atoms with Crippen molar-refractivity contribution in [2.75, 3.05) is 26.2 Å². The van der Waals surface area contributed by atoms with Crippen LogP contribution >= 0.6 is 0 Å². The third-order valence-corrected chi connectivity index (χ3v) is 4.36. The summed E-state index contributed by atoms with van der Waals surface area (Å²) < 4.78 is 13.3. The maximum absolute atomic E-state index is 13.3. The van der Waals surface area contributed by atoms with Crippen LogP contribution in [-0.2, 0) is 0 Å². The minimum atomic E-state index is -0.431. The molecule has 1 aliphatic heterocycles. The highest BCUT2D eigenvalue weighted by atomic mass is 19.1. The number of carbonyl (C=O) groups excluding carboxylic acids is 2. The van der Waals surface area contributed by atoms with Crippen LogP contribution in [0.15, 0.2) is 30.3 Å². The van der Waals surface area contributed by atoms with Gasteiger partial charge in [-0.15, -0.1) is 0 Å². The summed E-state index contributed by atoms with van der Waals surface area (Å²) in [5.74, 6) is -0.511. The Morgan fingerprint density at radius 1 is 1.08 bits per heavy atom. The molecule has 0 unspecified atom stereocenters. The molecular weight excluding hydrogens is 323 g/mol. The molecule has 132 valence electrons. The summed E-state index contributed by atoms with van der Waals surface area (Å²) in [5.41, 5.74) is 1.64. The van der Waals surface area contributed by atoms with Gasteiger partial charge in [-0.1, -0.05) is 19.9 Å². The molecule has 0 atom stereocenters. The zero-order valence-electron chi connectivity index (χ0n) is 14.3. The average Bonchev–Trinajstić information content (AvgIpc) is 3.11. The number of halogens is 1. The number of aromatic nitrogens is 2. The number of hydrogen-bond acceptors (Lipinski definition) is 3. The molecule has 7 heteroatoms. The Morgan fingerprint density at radius 2 is 1.72 bits per heavy atom.